The van der Waals surface area contributed by atoms with Crippen LogP contribution in [-0.4, -0.2) is 28.7 Å². The van der Waals surface area contributed by atoms with E-state index in [4.69, 9.17) is 19.9 Å². The number of benzene rings is 2. The first-order valence-electron chi connectivity index (χ1n) is 30.0. The van der Waals surface area contributed by atoms with Gasteiger partial charge in [0.15, 0.2) is 0 Å². The molecule has 0 radical (unpaired) electrons. The number of hydrogen-bond acceptors (Lipinski definition) is 4. The Morgan fingerprint density at radius 1 is 0.264 bits per heavy atom. The highest BCUT2D eigenvalue weighted by molar-refractivity contribution is 6.40. The summed E-state index contributed by atoms with van der Waals surface area (Å²) in [6.45, 7) is 0. The quantitative estimate of drug-likeness (QED) is 0.152. The van der Waals surface area contributed by atoms with Crippen LogP contribution in [0.5, 0.6) is 0 Å². The molecule has 0 aliphatic heterocycles. The molecule has 8 fully saturated rings. The van der Waals surface area contributed by atoms with E-state index in [1.54, 1.807) is 54.6 Å². The summed E-state index contributed by atoms with van der Waals surface area (Å²) in [4.78, 5) is 22.9. The number of nitrogens with zero attached hydrogens (tertiary/aromatic N) is 6. The van der Waals surface area contributed by atoms with E-state index in [2.05, 4.69) is 45.7 Å². The molecule has 356 valence electrons. The summed E-state index contributed by atoms with van der Waals surface area (Å²) in [6.07, 6.45) is 37.0. The van der Waals surface area contributed by atoms with Gasteiger partial charge in [0.2, 0.25) is 0 Å². The standard InChI is InChI=1S/C66H62N6/c1-27-5-35-6-28(1)14-39(13-27)61-51(35)55-45-21-43-44(57-59-49(71(65(45)57)47(55)23-67-61)25-69-63-41-17-31-3-32(18-41)10-37(9-31)53(59)63)22-46-56-48(24-68-62-40-15-29-2-30(16-40)8-36(7-29)52(56)62)72-50-26-70-64-42-19-33-4-34(20-42)12-38(11-33)54(64)60(50)58(43)66(46)72/h21-42H,1-20H2. The molecule has 0 spiro atoms. The molecule has 26 rings (SSSR count). The highest BCUT2D eigenvalue weighted by atomic mass is 15.0. The molecule has 16 aliphatic rings. The van der Waals surface area contributed by atoms with Gasteiger partial charge in [-0.3, -0.25) is 19.9 Å². The van der Waals surface area contributed by atoms with Crippen molar-refractivity contribution >= 4 is 87.0 Å². The molecule has 0 saturated heterocycles. The smallest absolute Gasteiger partial charge is 0.0728 e. The third-order valence-corrected chi connectivity index (χ3v) is 25.1. The fourth-order valence-corrected chi connectivity index (χ4v) is 23.7. The predicted octanol–water partition coefficient (Wildman–Crippen LogP) is 16.3. The van der Waals surface area contributed by atoms with Crippen LogP contribution < -0.4 is 0 Å². The molecule has 8 unspecified atom stereocenters. The maximum Gasteiger partial charge on any atom is 0.0728 e. The van der Waals surface area contributed by atoms with Crippen molar-refractivity contribution in [2.24, 2.45) is 47.3 Å². The molecule has 8 saturated carbocycles. The van der Waals surface area contributed by atoms with E-state index in [0.29, 0.717) is 47.3 Å². The molecule has 6 nitrogen and oxygen atoms in total. The minimum atomic E-state index is 0.599. The first-order valence-corrected chi connectivity index (χ1v) is 30.0. The van der Waals surface area contributed by atoms with E-state index in [9.17, 15) is 0 Å². The molecule has 0 amide bonds. The SMILES string of the molecule is c1c2c(cc3c4c5c(ncc4n4c6cnc7c(c6c2c34)C2CC3CC(CC7C3)C2)C2CC3CC(C2)CC5C3)c2c3c4c(ncc3n3c5cnc6c(c5c1c23)C1CC2CC(CC6C2)C1)C1CC2CC(C1)CC4C2. The summed E-state index contributed by atoms with van der Waals surface area (Å²) >= 11 is 0. The summed E-state index contributed by atoms with van der Waals surface area (Å²) in [7, 11) is 0. The molecule has 0 N–H and O–H groups in total. The lowest BCUT2D eigenvalue weighted by atomic mass is 9.67. The minimum absolute atomic E-state index is 0.599. The zero-order chi connectivity index (χ0) is 45.5. The molecule has 8 aromatic heterocycles. The van der Waals surface area contributed by atoms with Gasteiger partial charge in [-0.25, -0.2) is 0 Å². The van der Waals surface area contributed by atoms with Crippen molar-refractivity contribution < 1.29 is 0 Å². The molecule has 16 aliphatic carbocycles. The summed E-state index contributed by atoms with van der Waals surface area (Å²) in [6, 6.07) is 5.65. The fraction of sp³-hybridized carbons (Fsp3) is 0.545. The average Bonchev–Trinajstić information content (AvgIpc) is 4.02. The largest absolute Gasteiger partial charge is 0.305 e. The lowest BCUT2D eigenvalue weighted by Crippen LogP contribution is -2.25. The highest BCUT2D eigenvalue weighted by Gasteiger charge is 2.49. The Morgan fingerprint density at radius 3 is 0.806 bits per heavy atom. The van der Waals surface area contributed by atoms with Crippen molar-refractivity contribution in [1.29, 1.82) is 0 Å². The van der Waals surface area contributed by atoms with Gasteiger partial charge in [0.05, 0.1) is 57.9 Å². The number of aromatic nitrogens is 6. The minimum Gasteiger partial charge on any atom is -0.305 e. The normalized spacial score (nSPS) is 38.3. The second-order valence-corrected chi connectivity index (χ2v) is 28.5. The number of fused-ring (bicyclic) bond motifs is 15. The Balaban J connectivity index is 0.984. The molecule has 72 heavy (non-hydrogen) atoms. The van der Waals surface area contributed by atoms with Crippen LogP contribution in [0, 0.1) is 47.3 Å². The summed E-state index contributed by atoms with van der Waals surface area (Å²) < 4.78 is 5.55. The molecule has 16 bridgehead atoms. The van der Waals surface area contributed by atoms with Crippen molar-refractivity contribution in [1.82, 2.24) is 28.7 Å². The Kier molecular flexibility index (Phi) is 6.37. The monoisotopic (exact) mass is 939 g/mol. The van der Waals surface area contributed by atoms with Crippen LogP contribution in [0.25, 0.3) is 87.0 Å². The van der Waals surface area contributed by atoms with Crippen molar-refractivity contribution in [3.05, 3.63) is 81.9 Å². The van der Waals surface area contributed by atoms with E-state index < -0.39 is 0 Å². The summed E-state index contributed by atoms with van der Waals surface area (Å²) in [5.74, 6) is 11.7. The van der Waals surface area contributed by atoms with Gasteiger partial charge in [-0.05, 0) is 245 Å². The van der Waals surface area contributed by atoms with Gasteiger partial charge in [-0.15, -0.1) is 0 Å². The number of rotatable bonds is 0. The molecular weight excluding hydrogens is 877 g/mol. The van der Waals surface area contributed by atoms with Crippen LogP contribution >= 0.6 is 0 Å². The van der Waals surface area contributed by atoms with Crippen molar-refractivity contribution in [3.63, 3.8) is 0 Å². The molecule has 2 aromatic carbocycles. The van der Waals surface area contributed by atoms with Crippen LogP contribution in [0.3, 0.4) is 0 Å². The third kappa shape index (κ3) is 4.21. The maximum absolute atomic E-state index is 5.75. The Morgan fingerprint density at radius 2 is 0.514 bits per heavy atom. The Bertz CT molecular complexity index is 3900. The zero-order valence-corrected chi connectivity index (χ0v) is 41.5. The second kappa shape index (κ2) is 12.2. The van der Waals surface area contributed by atoms with Gasteiger partial charge in [-0.2, -0.15) is 0 Å². The van der Waals surface area contributed by atoms with Crippen molar-refractivity contribution in [2.75, 3.05) is 0 Å². The van der Waals surface area contributed by atoms with E-state index in [1.165, 1.54) is 206 Å². The highest BCUT2D eigenvalue weighted by Crippen LogP contribution is 2.65. The molecule has 8 heterocycles. The topological polar surface area (TPSA) is 60.4 Å². The van der Waals surface area contributed by atoms with Crippen molar-refractivity contribution in [3.8, 4) is 0 Å². The first kappa shape index (κ1) is 37.6. The van der Waals surface area contributed by atoms with Crippen LogP contribution in [0.4, 0.5) is 0 Å². The molecule has 6 heteroatoms. The van der Waals surface area contributed by atoms with Gasteiger partial charge >= 0.3 is 0 Å². The third-order valence-electron chi connectivity index (χ3n) is 25.1. The van der Waals surface area contributed by atoms with E-state index in [1.807, 2.05) is 0 Å². The number of hydrogen-bond donors (Lipinski definition) is 0. The second-order valence-electron chi connectivity index (χ2n) is 28.5. The predicted molar refractivity (Wildman–Crippen MR) is 287 cm³/mol. The summed E-state index contributed by atoms with van der Waals surface area (Å²) in [5, 5.41) is 15.5. The lowest BCUT2D eigenvalue weighted by molar-refractivity contribution is 0.165. The zero-order valence-electron chi connectivity index (χ0n) is 41.5. The lowest BCUT2D eigenvalue weighted by Gasteiger charge is -2.38. The molecule has 10 aromatic rings. The molecular formula is C66H62N6. The molecule has 8 atom stereocenters. The van der Waals surface area contributed by atoms with Gasteiger partial charge in [0, 0.05) is 89.5 Å². The van der Waals surface area contributed by atoms with Crippen molar-refractivity contribution in [2.45, 2.75) is 176 Å². The Hall–Kier alpha value is -5.10. The van der Waals surface area contributed by atoms with Crippen LogP contribution in [0.2, 0.25) is 0 Å². The van der Waals surface area contributed by atoms with Gasteiger partial charge in [-0.1, -0.05) is 0 Å². The summed E-state index contributed by atoms with van der Waals surface area (Å²) in [5.41, 5.74) is 21.0. The van der Waals surface area contributed by atoms with E-state index in [-0.39, 0.29) is 0 Å². The van der Waals surface area contributed by atoms with Gasteiger partial charge < -0.3 is 8.80 Å². The van der Waals surface area contributed by atoms with Gasteiger partial charge in [0.25, 0.3) is 0 Å². The van der Waals surface area contributed by atoms with E-state index >= 15 is 0 Å². The van der Waals surface area contributed by atoms with Crippen LogP contribution in [0.1, 0.15) is 221 Å². The number of pyridine rings is 4. The Labute approximate surface area is 418 Å². The average molecular weight is 939 g/mol. The van der Waals surface area contributed by atoms with Crippen LogP contribution in [-0.2, 0) is 0 Å². The first-order chi connectivity index (χ1) is 35.6. The van der Waals surface area contributed by atoms with Crippen LogP contribution in [0.15, 0.2) is 36.9 Å². The maximum atomic E-state index is 5.75. The van der Waals surface area contributed by atoms with E-state index in [0.717, 1.165) is 47.3 Å². The fourth-order valence-electron chi connectivity index (χ4n) is 23.7. The van der Waals surface area contributed by atoms with Gasteiger partial charge in [0.1, 0.15) is 0 Å².